The molecule has 1 aromatic carbocycles. The summed E-state index contributed by atoms with van der Waals surface area (Å²) in [6, 6.07) is 8.08. The van der Waals surface area contributed by atoms with Crippen molar-refractivity contribution < 1.29 is 19.1 Å². The molecule has 6 heteroatoms. The van der Waals surface area contributed by atoms with Gasteiger partial charge in [0.15, 0.2) is 0 Å². The number of amides is 2. The van der Waals surface area contributed by atoms with Crippen LogP contribution in [0.1, 0.15) is 57.6 Å². The molecule has 1 N–H and O–H groups in total. The van der Waals surface area contributed by atoms with Crippen LogP contribution in [-0.4, -0.2) is 48.9 Å². The highest BCUT2D eigenvalue weighted by Crippen LogP contribution is 2.15. The maximum Gasteiger partial charge on any atom is 0.307 e. The largest absolute Gasteiger partial charge is 0.466 e. The molecule has 0 atom stereocenters. The molecular weight excluding hydrogens is 356 g/mol. The predicted octanol–water partition coefficient (Wildman–Crippen LogP) is 3.13. The van der Waals surface area contributed by atoms with Gasteiger partial charge in [-0.25, -0.2) is 0 Å². The lowest BCUT2D eigenvalue weighted by Crippen LogP contribution is -2.34. The number of nitrogens with one attached hydrogen (secondary N) is 1. The standard InChI is InChI=1S/C22H32N2O4/c1-5-28-22(27)13-16-24(15-6-14-23-18(4)25)21(26)12-9-19-7-10-20(11-8-19)17(2)3/h7-12,17H,5-6,13-16H2,1-4H3,(H,23,25)/b12-9+. The second-order valence-corrected chi connectivity index (χ2v) is 6.87. The van der Waals surface area contributed by atoms with Gasteiger partial charge >= 0.3 is 5.97 Å². The quantitative estimate of drug-likeness (QED) is 0.359. The van der Waals surface area contributed by atoms with Crippen LogP contribution in [0.25, 0.3) is 6.08 Å². The average molecular weight is 389 g/mol. The number of carbonyl (C=O) groups excluding carboxylic acids is 3. The lowest BCUT2D eigenvalue weighted by atomic mass is 10.0. The summed E-state index contributed by atoms with van der Waals surface area (Å²) in [4.78, 5) is 36.8. The minimum absolute atomic E-state index is 0.103. The summed E-state index contributed by atoms with van der Waals surface area (Å²) in [6.45, 7) is 9.02. The Hall–Kier alpha value is -2.63. The zero-order valence-corrected chi connectivity index (χ0v) is 17.4. The summed E-state index contributed by atoms with van der Waals surface area (Å²) in [5.74, 6) is -0.133. The highest BCUT2D eigenvalue weighted by molar-refractivity contribution is 5.92. The van der Waals surface area contributed by atoms with Crippen molar-refractivity contribution >= 4 is 23.9 Å². The second kappa shape index (κ2) is 12.7. The van der Waals surface area contributed by atoms with E-state index in [0.717, 1.165) is 5.56 Å². The lowest BCUT2D eigenvalue weighted by molar-refractivity contribution is -0.143. The third-order valence-electron chi connectivity index (χ3n) is 4.20. The van der Waals surface area contributed by atoms with E-state index in [9.17, 15) is 14.4 Å². The molecule has 0 aliphatic rings. The van der Waals surface area contributed by atoms with Gasteiger partial charge in [-0.3, -0.25) is 14.4 Å². The van der Waals surface area contributed by atoms with Gasteiger partial charge in [0.25, 0.3) is 0 Å². The molecule has 0 saturated carbocycles. The molecule has 0 saturated heterocycles. The summed E-state index contributed by atoms with van der Waals surface area (Å²) < 4.78 is 4.94. The van der Waals surface area contributed by atoms with Crippen LogP contribution in [0.5, 0.6) is 0 Å². The van der Waals surface area contributed by atoms with Gasteiger partial charge in [0, 0.05) is 32.6 Å². The molecule has 6 nitrogen and oxygen atoms in total. The van der Waals surface area contributed by atoms with Gasteiger partial charge in [0.2, 0.25) is 11.8 Å². The predicted molar refractivity (Wildman–Crippen MR) is 111 cm³/mol. The van der Waals surface area contributed by atoms with E-state index in [2.05, 4.69) is 31.3 Å². The first-order valence-electron chi connectivity index (χ1n) is 9.80. The fourth-order valence-electron chi connectivity index (χ4n) is 2.59. The smallest absolute Gasteiger partial charge is 0.307 e. The molecule has 0 aliphatic carbocycles. The fraction of sp³-hybridized carbons (Fsp3) is 0.500. The molecule has 28 heavy (non-hydrogen) atoms. The summed E-state index contributed by atoms with van der Waals surface area (Å²) >= 11 is 0. The topological polar surface area (TPSA) is 75.7 Å². The molecule has 0 aromatic heterocycles. The first kappa shape index (κ1) is 23.4. The van der Waals surface area contributed by atoms with Crippen LogP contribution < -0.4 is 5.32 Å². The van der Waals surface area contributed by atoms with Gasteiger partial charge < -0.3 is 15.0 Å². The molecule has 0 spiro atoms. The summed E-state index contributed by atoms with van der Waals surface area (Å²) in [6.07, 6.45) is 4.06. The van der Waals surface area contributed by atoms with Gasteiger partial charge in [-0.1, -0.05) is 38.1 Å². The minimum atomic E-state index is -0.324. The van der Waals surface area contributed by atoms with E-state index in [-0.39, 0.29) is 30.7 Å². The maximum absolute atomic E-state index is 12.6. The molecular formula is C22H32N2O4. The van der Waals surface area contributed by atoms with Crippen LogP contribution >= 0.6 is 0 Å². The Bertz CT molecular complexity index is 666. The molecule has 1 rings (SSSR count). The zero-order chi connectivity index (χ0) is 20.9. The normalized spacial score (nSPS) is 10.9. The number of hydrogen-bond donors (Lipinski definition) is 1. The summed E-state index contributed by atoms with van der Waals surface area (Å²) in [5, 5.41) is 2.71. The average Bonchev–Trinajstić information content (AvgIpc) is 2.65. The highest BCUT2D eigenvalue weighted by Gasteiger charge is 2.13. The van der Waals surface area contributed by atoms with Crippen molar-refractivity contribution in [1.82, 2.24) is 10.2 Å². The fourth-order valence-corrected chi connectivity index (χ4v) is 2.59. The van der Waals surface area contributed by atoms with E-state index in [4.69, 9.17) is 4.74 Å². The van der Waals surface area contributed by atoms with E-state index >= 15 is 0 Å². The number of ether oxygens (including phenoxy) is 1. The van der Waals surface area contributed by atoms with Crippen molar-refractivity contribution in [3.05, 3.63) is 41.5 Å². The van der Waals surface area contributed by atoms with E-state index in [1.54, 1.807) is 17.9 Å². The Morgan fingerprint density at radius 1 is 1.14 bits per heavy atom. The van der Waals surface area contributed by atoms with Crippen LogP contribution in [0, 0.1) is 0 Å². The van der Waals surface area contributed by atoms with Crippen molar-refractivity contribution in [3.63, 3.8) is 0 Å². The van der Waals surface area contributed by atoms with Crippen LogP contribution in [0.3, 0.4) is 0 Å². The molecule has 0 heterocycles. The van der Waals surface area contributed by atoms with Crippen molar-refractivity contribution in [2.45, 2.75) is 46.5 Å². The van der Waals surface area contributed by atoms with E-state index in [1.807, 2.05) is 12.1 Å². The Morgan fingerprint density at radius 3 is 2.39 bits per heavy atom. The Labute approximate surface area is 167 Å². The third kappa shape index (κ3) is 9.35. The van der Waals surface area contributed by atoms with E-state index in [1.165, 1.54) is 18.6 Å². The SMILES string of the molecule is CCOC(=O)CCN(CCCNC(C)=O)C(=O)/C=C/c1ccc(C(C)C)cc1. The number of nitrogens with zero attached hydrogens (tertiary/aromatic N) is 1. The Kier molecular flexibility index (Phi) is 10.6. The van der Waals surface area contributed by atoms with E-state index in [0.29, 0.717) is 32.0 Å². The van der Waals surface area contributed by atoms with Crippen LogP contribution in [0.4, 0.5) is 0 Å². The monoisotopic (exact) mass is 388 g/mol. The van der Waals surface area contributed by atoms with Gasteiger partial charge in [0.05, 0.1) is 13.0 Å². The number of rotatable bonds is 11. The molecule has 2 amide bonds. The highest BCUT2D eigenvalue weighted by atomic mass is 16.5. The summed E-state index contributed by atoms with van der Waals surface area (Å²) in [5.41, 5.74) is 2.19. The van der Waals surface area contributed by atoms with Crippen LogP contribution in [0.2, 0.25) is 0 Å². The molecule has 0 unspecified atom stereocenters. The molecule has 0 radical (unpaired) electrons. The van der Waals surface area contributed by atoms with Gasteiger partial charge in [-0.05, 0) is 36.5 Å². The minimum Gasteiger partial charge on any atom is -0.466 e. The zero-order valence-electron chi connectivity index (χ0n) is 17.4. The third-order valence-corrected chi connectivity index (χ3v) is 4.20. The number of benzene rings is 1. The molecule has 0 bridgehead atoms. The Morgan fingerprint density at radius 2 is 1.82 bits per heavy atom. The van der Waals surface area contributed by atoms with Gasteiger partial charge in [-0.15, -0.1) is 0 Å². The first-order valence-corrected chi connectivity index (χ1v) is 9.80. The molecule has 1 aromatic rings. The van der Waals surface area contributed by atoms with Gasteiger partial charge in [-0.2, -0.15) is 0 Å². The maximum atomic E-state index is 12.6. The molecule has 0 fully saturated rings. The molecule has 154 valence electrons. The summed E-state index contributed by atoms with van der Waals surface area (Å²) in [7, 11) is 0. The number of carbonyl (C=O) groups is 3. The lowest BCUT2D eigenvalue weighted by Gasteiger charge is -2.21. The van der Waals surface area contributed by atoms with Gasteiger partial charge in [0.1, 0.15) is 0 Å². The van der Waals surface area contributed by atoms with Crippen molar-refractivity contribution in [2.24, 2.45) is 0 Å². The van der Waals surface area contributed by atoms with Crippen molar-refractivity contribution in [2.75, 3.05) is 26.2 Å². The first-order chi connectivity index (χ1) is 13.3. The second-order valence-electron chi connectivity index (χ2n) is 6.87. The van der Waals surface area contributed by atoms with Crippen molar-refractivity contribution in [1.29, 1.82) is 0 Å². The number of esters is 1. The van der Waals surface area contributed by atoms with Crippen LogP contribution in [-0.2, 0) is 19.1 Å². The van der Waals surface area contributed by atoms with Crippen LogP contribution in [0.15, 0.2) is 30.3 Å². The van der Waals surface area contributed by atoms with E-state index < -0.39 is 0 Å². The molecule has 0 aliphatic heterocycles. The number of hydrogen-bond acceptors (Lipinski definition) is 4. The Balaban J connectivity index is 2.69. The van der Waals surface area contributed by atoms with Crippen molar-refractivity contribution in [3.8, 4) is 0 Å².